The highest BCUT2D eigenvalue weighted by atomic mass is 32.1. The second kappa shape index (κ2) is 15.1. The van der Waals surface area contributed by atoms with Gasteiger partial charge in [0.25, 0.3) is 5.91 Å². The Hall–Kier alpha value is -3.99. The van der Waals surface area contributed by atoms with Crippen LogP contribution in [0.15, 0.2) is 90.3 Å². The van der Waals surface area contributed by atoms with E-state index >= 15 is 0 Å². The number of aryl methyl sites for hydroxylation is 1. The molecule has 10 heteroatoms. The van der Waals surface area contributed by atoms with Crippen molar-refractivity contribution >= 4 is 23.0 Å². The predicted molar refractivity (Wildman–Crippen MR) is 172 cm³/mol. The summed E-state index contributed by atoms with van der Waals surface area (Å²) in [7, 11) is 0. The molecule has 1 aliphatic heterocycles. The number of hydrogen-bond acceptors (Lipinski definition) is 6. The van der Waals surface area contributed by atoms with Crippen molar-refractivity contribution in [1.29, 1.82) is 0 Å². The molecule has 0 aliphatic carbocycles. The van der Waals surface area contributed by atoms with Gasteiger partial charge in [-0.15, -0.1) is 24.5 Å². The summed E-state index contributed by atoms with van der Waals surface area (Å²) in [6, 6.07) is 24.6. The molecular weight excluding hydrogens is 613 g/mol. The number of rotatable bonds is 13. The van der Waals surface area contributed by atoms with E-state index in [1.807, 2.05) is 59.7 Å². The molecule has 1 saturated heterocycles. The summed E-state index contributed by atoms with van der Waals surface area (Å²) in [5.41, 5.74) is 3.23. The van der Waals surface area contributed by atoms with E-state index in [1.54, 1.807) is 29.5 Å². The van der Waals surface area contributed by atoms with Crippen LogP contribution < -0.4 is 10.1 Å². The quantitative estimate of drug-likeness (QED) is 0.147. The molecule has 0 spiro atoms. The molecule has 0 bridgehead atoms. The molecule has 2 N–H and O–H groups in total. The number of likely N-dealkylation sites (tertiary alicyclic amines) is 1. The molecule has 242 valence electrons. The van der Waals surface area contributed by atoms with E-state index in [0.29, 0.717) is 29.7 Å². The van der Waals surface area contributed by atoms with Crippen LogP contribution >= 0.6 is 11.3 Å². The van der Waals surface area contributed by atoms with Crippen LogP contribution in [0.4, 0.5) is 13.2 Å². The van der Waals surface area contributed by atoms with Gasteiger partial charge in [-0.05, 0) is 90.6 Å². The number of ketones is 1. The van der Waals surface area contributed by atoms with Gasteiger partial charge in [0.2, 0.25) is 0 Å². The van der Waals surface area contributed by atoms with Crippen LogP contribution in [-0.2, 0) is 13.0 Å². The summed E-state index contributed by atoms with van der Waals surface area (Å²) in [4.78, 5) is 30.5. The van der Waals surface area contributed by atoms with Crippen molar-refractivity contribution in [3.63, 3.8) is 0 Å². The first-order valence-electron chi connectivity index (χ1n) is 15.3. The summed E-state index contributed by atoms with van der Waals surface area (Å²) in [6.07, 6.45) is -3.40. The van der Waals surface area contributed by atoms with Crippen molar-refractivity contribution in [1.82, 2.24) is 10.2 Å². The number of thiophene rings is 1. The van der Waals surface area contributed by atoms with Crippen molar-refractivity contribution in [2.45, 2.75) is 57.7 Å². The average Bonchev–Trinajstić information content (AvgIpc) is 3.72. The monoisotopic (exact) mass is 650 g/mol. The molecule has 3 atom stereocenters. The lowest BCUT2D eigenvalue weighted by Gasteiger charge is -2.25. The molecule has 0 saturated carbocycles. The van der Waals surface area contributed by atoms with E-state index in [9.17, 15) is 27.9 Å². The maximum Gasteiger partial charge on any atom is 0.573 e. The smallest absolute Gasteiger partial charge is 0.406 e. The number of aliphatic hydroxyl groups excluding tert-OH is 1. The first-order valence-corrected chi connectivity index (χ1v) is 16.2. The Labute approximate surface area is 270 Å². The van der Waals surface area contributed by atoms with E-state index in [4.69, 9.17) is 0 Å². The van der Waals surface area contributed by atoms with Crippen molar-refractivity contribution in [2.24, 2.45) is 5.92 Å². The van der Waals surface area contributed by atoms with E-state index in [0.717, 1.165) is 28.8 Å². The minimum absolute atomic E-state index is 0.0321. The SMILES string of the molecule is Cc1cc(C(=O)C[C@@H](Cc2ccccc2)[C@H](O)CNCc2cccc(OC(F)(F)F)c2)cc(C(=O)N2CCCC2c2cccs2)c1. The number of halogens is 3. The van der Waals surface area contributed by atoms with E-state index in [1.165, 1.54) is 18.2 Å². The third-order valence-electron chi connectivity index (χ3n) is 8.18. The number of ether oxygens (including phenoxy) is 1. The van der Waals surface area contributed by atoms with Gasteiger partial charge < -0.3 is 20.1 Å². The Morgan fingerprint density at radius 1 is 1.00 bits per heavy atom. The molecule has 5 rings (SSSR count). The maximum atomic E-state index is 13.7. The number of hydrogen-bond donors (Lipinski definition) is 2. The second-order valence-corrected chi connectivity index (χ2v) is 12.7. The molecule has 1 unspecified atom stereocenters. The van der Waals surface area contributed by atoms with Crippen LogP contribution in [0.3, 0.4) is 0 Å². The van der Waals surface area contributed by atoms with Crippen LogP contribution in [0.5, 0.6) is 5.75 Å². The van der Waals surface area contributed by atoms with Crippen molar-refractivity contribution in [2.75, 3.05) is 13.1 Å². The van der Waals surface area contributed by atoms with Crippen LogP contribution in [0.2, 0.25) is 0 Å². The molecule has 3 aromatic carbocycles. The number of Topliss-reactive ketones (excluding diaryl/α,β-unsaturated/α-hetero) is 1. The summed E-state index contributed by atoms with van der Waals surface area (Å²) in [5.74, 6) is -1.04. The molecule has 0 radical (unpaired) electrons. The van der Waals surface area contributed by atoms with Gasteiger partial charge in [0, 0.05) is 42.1 Å². The lowest BCUT2D eigenvalue weighted by Crippen LogP contribution is -2.35. The number of nitrogens with one attached hydrogen (secondary N) is 1. The van der Waals surface area contributed by atoms with Gasteiger partial charge in [0.1, 0.15) is 5.75 Å². The van der Waals surface area contributed by atoms with Gasteiger partial charge in [-0.1, -0.05) is 48.5 Å². The fourth-order valence-corrected chi connectivity index (χ4v) is 6.89. The Balaban J connectivity index is 1.28. The Morgan fingerprint density at radius 3 is 2.50 bits per heavy atom. The normalized spacial score (nSPS) is 16.3. The Kier molecular flexibility index (Phi) is 10.9. The predicted octanol–water partition coefficient (Wildman–Crippen LogP) is 7.51. The number of benzene rings is 3. The molecule has 1 aromatic heterocycles. The van der Waals surface area contributed by atoms with Crippen LogP contribution in [0.1, 0.15) is 67.6 Å². The number of alkyl halides is 3. The average molecular weight is 651 g/mol. The fourth-order valence-electron chi connectivity index (χ4n) is 6.02. The topological polar surface area (TPSA) is 78.9 Å². The van der Waals surface area contributed by atoms with Gasteiger partial charge in [-0.25, -0.2) is 0 Å². The zero-order valence-electron chi connectivity index (χ0n) is 25.5. The fraction of sp³-hybridized carbons (Fsp3) is 0.333. The summed E-state index contributed by atoms with van der Waals surface area (Å²) in [5, 5.41) is 16.4. The van der Waals surface area contributed by atoms with Crippen molar-refractivity contribution in [3.05, 3.63) is 123 Å². The number of carbonyl (C=O) groups is 2. The largest absolute Gasteiger partial charge is 0.573 e. The highest BCUT2D eigenvalue weighted by molar-refractivity contribution is 7.10. The summed E-state index contributed by atoms with van der Waals surface area (Å²) >= 11 is 1.64. The molecule has 1 aliphatic rings. The van der Waals surface area contributed by atoms with Gasteiger partial charge >= 0.3 is 6.36 Å². The molecule has 6 nitrogen and oxygen atoms in total. The highest BCUT2D eigenvalue weighted by Gasteiger charge is 2.32. The number of nitrogens with zero attached hydrogens (tertiary/aromatic N) is 1. The summed E-state index contributed by atoms with van der Waals surface area (Å²) in [6.45, 7) is 2.84. The zero-order valence-corrected chi connectivity index (χ0v) is 26.3. The van der Waals surface area contributed by atoms with Crippen LogP contribution in [0, 0.1) is 12.8 Å². The van der Waals surface area contributed by atoms with Crippen molar-refractivity contribution < 1.29 is 32.6 Å². The first kappa shape index (κ1) is 33.4. The van der Waals surface area contributed by atoms with Gasteiger partial charge in [-0.3, -0.25) is 9.59 Å². The third kappa shape index (κ3) is 9.05. The molecule has 1 amide bonds. The van der Waals surface area contributed by atoms with Gasteiger partial charge in [0.15, 0.2) is 5.78 Å². The Morgan fingerprint density at radius 2 is 1.76 bits per heavy atom. The standard InChI is InChI=1S/C36H37F3N2O4S/c1-24-16-27(20-29(17-24)35(44)41-14-6-12-31(41)34-13-7-15-46-34)32(42)21-28(18-25-8-3-2-4-9-25)33(43)23-40-22-26-10-5-11-30(19-26)45-36(37,38)39/h2-5,7-11,13,15-17,19-20,28,31,33,40,43H,6,12,14,18,21-23H2,1H3/t28-,31?,33-/m1/s1. The molecule has 46 heavy (non-hydrogen) atoms. The molecular formula is C36H37F3N2O4S. The number of aliphatic hydroxyl groups is 1. The zero-order chi connectivity index (χ0) is 32.7. The lowest BCUT2D eigenvalue weighted by atomic mass is 9.87. The van der Waals surface area contributed by atoms with Crippen molar-refractivity contribution in [3.8, 4) is 5.75 Å². The van der Waals surface area contributed by atoms with Gasteiger partial charge in [-0.2, -0.15) is 0 Å². The van der Waals surface area contributed by atoms with Crippen LogP contribution in [-0.4, -0.2) is 47.3 Å². The molecule has 2 heterocycles. The van der Waals surface area contributed by atoms with E-state index in [2.05, 4.69) is 16.1 Å². The lowest BCUT2D eigenvalue weighted by molar-refractivity contribution is -0.274. The van der Waals surface area contributed by atoms with Crippen LogP contribution in [0.25, 0.3) is 0 Å². The minimum Gasteiger partial charge on any atom is -0.406 e. The highest BCUT2D eigenvalue weighted by Crippen LogP contribution is 2.36. The number of carbonyl (C=O) groups excluding carboxylic acids is 2. The summed E-state index contributed by atoms with van der Waals surface area (Å²) < 4.78 is 41.9. The van der Waals surface area contributed by atoms with E-state index < -0.39 is 18.4 Å². The first-order chi connectivity index (χ1) is 22.1. The minimum atomic E-state index is -4.79. The second-order valence-electron chi connectivity index (χ2n) is 11.7. The number of amides is 1. The van der Waals surface area contributed by atoms with E-state index in [-0.39, 0.29) is 43.0 Å². The third-order valence-corrected chi connectivity index (χ3v) is 9.15. The molecule has 1 fully saturated rings. The maximum absolute atomic E-state index is 13.7. The Bertz CT molecular complexity index is 1610. The molecule has 4 aromatic rings. The van der Waals surface area contributed by atoms with Gasteiger partial charge in [0.05, 0.1) is 12.1 Å².